The molecule has 4 rings (SSSR count). The van der Waals surface area contributed by atoms with Crippen molar-refractivity contribution < 1.29 is 27.1 Å². The molecule has 4 aromatic carbocycles. The molecule has 0 aromatic heterocycles. The number of carbonyl (C=O) groups is 2. The highest BCUT2D eigenvalue weighted by atomic mass is 32.2. The average Bonchev–Trinajstić information content (AvgIpc) is 3.07. The van der Waals surface area contributed by atoms with Gasteiger partial charge in [0.25, 0.3) is 10.0 Å². The fraction of sp³-hybridized carbons (Fsp3) is 0.278. The third-order valence-electron chi connectivity index (χ3n) is 7.41. The van der Waals surface area contributed by atoms with Crippen molar-refractivity contribution in [2.24, 2.45) is 0 Å². The van der Waals surface area contributed by atoms with Crippen LogP contribution >= 0.6 is 0 Å². The van der Waals surface area contributed by atoms with Gasteiger partial charge in [-0.1, -0.05) is 74.0 Å². The Morgan fingerprint density at radius 1 is 0.826 bits per heavy atom. The highest BCUT2D eigenvalue weighted by molar-refractivity contribution is 7.92. The number of nitrogens with zero attached hydrogens (tertiary/aromatic N) is 2. The first-order valence-electron chi connectivity index (χ1n) is 15.4. The van der Waals surface area contributed by atoms with Crippen LogP contribution in [0.1, 0.15) is 37.8 Å². The molecule has 0 aliphatic carbocycles. The third kappa shape index (κ3) is 9.17. The number of halogens is 1. The van der Waals surface area contributed by atoms with Gasteiger partial charge in [-0.3, -0.25) is 13.9 Å². The SMILES string of the molecule is CCCCNC(=O)C(Cc1ccccc1)N(Cc1ccc(F)cc1)C(=O)CN(c1ccc(OCC)cc1)S(=O)(=O)c1ccccc1. The zero-order chi connectivity index (χ0) is 32.9. The van der Waals surface area contributed by atoms with Gasteiger partial charge in [0.15, 0.2) is 0 Å². The quantitative estimate of drug-likeness (QED) is 0.151. The summed E-state index contributed by atoms with van der Waals surface area (Å²) in [5, 5.41) is 2.95. The van der Waals surface area contributed by atoms with E-state index >= 15 is 0 Å². The summed E-state index contributed by atoms with van der Waals surface area (Å²) in [6.45, 7) is 4.10. The number of nitrogens with one attached hydrogen (secondary N) is 1. The van der Waals surface area contributed by atoms with Crippen LogP contribution in [-0.4, -0.2) is 50.9 Å². The van der Waals surface area contributed by atoms with Gasteiger partial charge in [0.05, 0.1) is 17.2 Å². The highest BCUT2D eigenvalue weighted by Gasteiger charge is 2.34. The second-order valence-corrected chi connectivity index (χ2v) is 12.6. The van der Waals surface area contributed by atoms with E-state index < -0.39 is 34.3 Å². The van der Waals surface area contributed by atoms with Crippen LogP contribution in [0, 0.1) is 5.82 Å². The maximum absolute atomic E-state index is 14.5. The lowest BCUT2D eigenvalue weighted by Crippen LogP contribution is -2.53. The Labute approximate surface area is 270 Å². The van der Waals surface area contributed by atoms with Crippen molar-refractivity contribution >= 4 is 27.5 Å². The molecule has 1 atom stereocenters. The van der Waals surface area contributed by atoms with Crippen molar-refractivity contribution in [3.63, 3.8) is 0 Å². The second-order valence-electron chi connectivity index (χ2n) is 10.7. The predicted molar refractivity (Wildman–Crippen MR) is 177 cm³/mol. The van der Waals surface area contributed by atoms with E-state index in [-0.39, 0.29) is 29.5 Å². The molecule has 8 nitrogen and oxygen atoms in total. The lowest BCUT2D eigenvalue weighted by Gasteiger charge is -2.34. The molecule has 4 aromatic rings. The Kier molecular flexibility index (Phi) is 12.3. The monoisotopic (exact) mass is 645 g/mol. The minimum Gasteiger partial charge on any atom is -0.494 e. The summed E-state index contributed by atoms with van der Waals surface area (Å²) in [6, 6.07) is 28.4. The summed E-state index contributed by atoms with van der Waals surface area (Å²) in [5.41, 5.74) is 1.68. The number of hydrogen-bond donors (Lipinski definition) is 1. The van der Waals surface area contributed by atoms with Crippen LogP contribution in [0.25, 0.3) is 0 Å². The summed E-state index contributed by atoms with van der Waals surface area (Å²) >= 11 is 0. The van der Waals surface area contributed by atoms with Crippen LogP contribution in [0.5, 0.6) is 5.75 Å². The number of amides is 2. The summed E-state index contributed by atoms with van der Waals surface area (Å²) < 4.78 is 48.6. The van der Waals surface area contributed by atoms with E-state index in [0.29, 0.717) is 24.5 Å². The fourth-order valence-electron chi connectivity index (χ4n) is 4.97. The molecule has 0 aliphatic rings. The van der Waals surface area contributed by atoms with Gasteiger partial charge in [0.2, 0.25) is 11.8 Å². The minimum atomic E-state index is -4.21. The van der Waals surface area contributed by atoms with Crippen LogP contribution in [0.2, 0.25) is 0 Å². The first-order chi connectivity index (χ1) is 22.2. The van der Waals surface area contributed by atoms with E-state index in [1.54, 1.807) is 54.6 Å². The van der Waals surface area contributed by atoms with Crippen LogP contribution in [0.4, 0.5) is 10.1 Å². The largest absolute Gasteiger partial charge is 0.494 e. The Hall–Kier alpha value is -4.70. The van der Waals surface area contributed by atoms with E-state index in [1.165, 1.54) is 29.2 Å². The molecule has 1 N–H and O–H groups in total. The van der Waals surface area contributed by atoms with E-state index in [9.17, 15) is 22.4 Å². The number of anilines is 1. The van der Waals surface area contributed by atoms with Gasteiger partial charge in [-0.05, 0) is 73.0 Å². The highest BCUT2D eigenvalue weighted by Crippen LogP contribution is 2.27. The molecule has 10 heteroatoms. The molecule has 0 saturated carbocycles. The van der Waals surface area contributed by atoms with Gasteiger partial charge in [-0.2, -0.15) is 0 Å². The second kappa shape index (κ2) is 16.6. The zero-order valence-electron chi connectivity index (χ0n) is 26.1. The molecule has 242 valence electrons. The number of carbonyl (C=O) groups excluding carboxylic acids is 2. The summed E-state index contributed by atoms with van der Waals surface area (Å²) in [6.07, 6.45) is 1.83. The lowest BCUT2D eigenvalue weighted by atomic mass is 10.0. The molecule has 0 spiro atoms. The maximum Gasteiger partial charge on any atom is 0.264 e. The zero-order valence-corrected chi connectivity index (χ0v) is 27.0. The molecule has 1 unspecified atom stereocenters. The molecule has 0 fully saturated rings. The number of rotatable bonds is 16. The van der Waals surface area contributed by atoms with E-state index in [1.807, 2.05) is 44.2 Å². The summed E-state index contributed by atoms with van der Waals surface area (Å²) in [4.78, 5) is 29.6. The van der Waals surface area contributed by atoms with Crippen LogP contribution in [-0.2, 0) is 32.6 Å². The first kappa shape index (κ1) is 34.2. The van der Waals surface area contributed by atoms with Gasteiger partial charge < -0.3 is 15.0 Å². The van der Waals surface area contributed by atoms with Gasteiger partial charge in [-0.25, -0.2) is 12.8 Å². The topological polar surface area (TPSA) is 96.0 Å². The molecule has 0 radical (unpaired) electrons. The van der Waals surface area contributed by atoms with Gasteiger partial charge >= 0.3 is 0 Å². The van der Waals surface area contributed by atoms with Crippen LogP contribution in [0.3, 0.4) is 0 Å². The summed E-state index contributed by atoms with van der Waals surface area (Å²) in [7, 11) is -4.21. The first-order valence-corrected chi connectivity index (χ1v) is 16.8. The Bertz CT molecular complexity index is 1650. The van der Waals surface area contributed by atoms with Crippen molar-refractivity contribution in [3.8, 4) is 5.75 Å². The molecule has 46 heavy (non-hydrogen) atoms. The number of sulfonamides is 1. The predicted octanol–water partition coefficient (Wildman–Crippen LogP) is 5.98. The number of hydrogen-bond acceptors (Lipinski definition) is 5. The third-order valence-corrected chi connectivity index (χ3v) is 9.20. The van der Waals surface area contributed by atoms with E-state index in [4.69, 9.17) is 4.74 Å². The summed E-state index contributed by atoms with van der Waals surface area (Å²) in [5.74, 6) is -0.828. The molecule has 0 saturated heterocycles. The van der Waals surface area contributed by atoms with Crippen molar-refractivity contribution in [1.29, 1.82) is 0 Å². The number of unbranched alkanes of at least 4 members (excludes halogenated alkanes) is 1. The molecule has 2 amide bonds. The van der Waals surface area contributed by atoms with Crippen LogP contribution in [0.15, 0.2) is 114 Å². The average molecular weight is 646 g/mol. The van der Waals surface area contributed by atoms with E-state index in [2.05, 4.69) is 5.32 Å². The standard InChI is InChI=1S/C36H40FN3O5S/c1-3-5-24-38-36(42)34(25-28-12-8-6-9-13-28)39(26-29-16-18-30(37)19-17-29)35(41)27-40(31-20-22-32(23-21-31)45-4-2)46(43,44)33-14-10-7-11-15-33/h6-23,34H,3-5,24-27H2,1-2H3,(H,38,42). The van der Waals surface area contributed by atoms with Crippen molar-refractivity contribution in [1.82, 2.24) is 10.2 Å². The van der Waals surface area contributed by atoms with Crippen molar-refractivity contribution in [2.75, 3.05) is 24.0 Å². The molecule has 0 heterocycles. The number of ether oxygens (including phenoxy) is 1. The maximum atomic E-state index is 14.5. The fourth-order valence-corrected chi connectivity index (χ4v) is 6.41. The Morgan fingerprint density at radius 3 is 2.07 bits per heavy atom. The van der Waals surface area contributed by atoms with Gasteiger partial charge in [0.1, 0.15) is 24.2 Å². The van der Waals surface area contributed by atoms with Gasteiger partial charge in [-0.15, -0.1) is 0 Å². The van der Waals surface area contributed by atoms with Crippen LogP contribution < -0.4 is 14.4 Å². The molecule has 0 aliphatic heterocycles. The molecule has 0 bridgehead atoms. The van der Waals surface area contributed by atoms with Gasteiger partial charge in [0, 0.05) is 19.5 Å². The molecular formula is C36H40FN3O5S. The Morgan fingerprint density at radius 2 is 1.46 bits per heavy atom. The van der Waals surface area contributed by atoms with Crippen molar-refractivity contribution in [3.05, 3.63) is 126 Å². The number of benzene rings is 4. The molecular weight excluding hydrogens is 605 g/mol. The van der Waals surface area contributed by atoms with Crippen molar-refractivity contribution in [2.45, 2.75) is 50.6 Å². The lowest BCUT2D eigenvalue weighted by molar-refractivity contribution is -0.140. The normalized spacial score (nSPS) is 11.8. The minimum absolute atomic E-state index is 0.0138. The Balaban J connectivity index is 1.77. The van der Waals surface area contributed by atoms with E-state index in [0.717, 1.165) is 22.7 Å². The smallest absolute Gasteiger partial charge is 0.264 e.